The normalized spacial score (nSPS) is 16.8. The monoisotopic (exact) mass is 250 g/mol. The Bertz CT molecular complexity index is 674. The molecule has 0 spiro atoms. The first-order chi connectivity index (χ1) is 9.28. The first-order valence-corrected chi connectivity index (χ1v) is 5.84. The van der Waals surface area contributed by atoms with Gasteiger partial charge in [-0.3, -0.25) is 4.79 Å². The summed E-state index contributed by atoms with van der Waals surface area (Å²) in [7, 11) is 0. The van der Waals surface area contributed by atoms with Crippen LogP contribution in [0.5, 0.6) is 5.75 Å². The van der Waals surface area contributed by atoms with Crippen LogP contribution in [0, 0.1) is 11.3 Å². The van der Waals surface area contributed by atoms with Crippen molar-refractivity contribution in [2.75, 3.05) is 5.32 Å². The summed E-state index contributed by atoms with van der Waals surface area (Å²) >= 11 is 0. The van der Waals surface area contributed by atoms with E-state index in [0.717, 1.165) is 5.56 Å². The van der Waals surface area contributed by atoms with Crippen molar-refractivity contribution in [2.45, 2.75) is 6.10 Å². The van der Waals surface area contributed by atoms with Crippen LogP contribution in [0.15, 0.2) is 48.5 Å². The Hall–Kier alpha value is -2.80. The van der Waals surface area contributed by atoms with E-state index >= 15 is 0 Å². The Morgan fingerprint density at radius 2 is 1.95 bits per heavy atom. The molecule has 1 aliphatic rings. The van der Waals surface area contributed by atoms with Crippen molar-refractivity contribution in [1.82, 2.24) is 0 Å². The lowest BCUT2D eigenvalue weighted by atomic mass is 10.1. The molecule has 0 saturated heterocycles. The highest BCUT2D eigenvalue weighted by Crippen LogP contribution is 2.35. The number of rotatable bonds is 1. The molecule has 4 heteroatoms. The molecule has 0 fully saturated rings. The van der Waals surface area contributed by atoms with E-state index in [9.17, 15) is 4.79 Å². The summed E-state index contributed by atoms with van der Waals surface area (Å²) in [5.41, 5.74) is 1.83. The zero-order chi connectivity index (χ0) is 13.2. The van der Waals surface area contributed by atoms with Crippen LogP contribution >= 0.6 is 0 Å². The molecule has 0 aromatic heterocycles. The number of hydrogen-bond acceptors (Lipinski definition) is 3. The first-order valence-electron chi connectivity index (χ1n) is 5.84. The molecule has 0 radical (unpaired) electrons. The van der Waals surface area contributed by atoms with Gasteiger partial charge in [-0.25, -0.2) is 0 Å². The highest BCUT2D eigenvalue weighted by molar-refractivity contribution is 5.98. The van der Waals surface area contributed by atoms with Gasteiger partial charge in [0.1, 0.15) is 5.75 Å². The van der Waals surface area contributed by atoms with E-state index in [0.29, 0.717) is 17.0 Å². The number of carbonyl (C=O) groups excluding carboxylic acids is 1. The maximum atomic E-state index is 12.0. The number of carbonyl (C=O) groups is 1. The quantitative estimate of drug-likeness (QED) is 0.846. The van der Waals surface area contributed by atoms with Crippen molar-refractivity contribution in [3.05, 3.63) is 59.7 Å². The highest BCUT2D eigenvalue weighted by atomic mass is 16.5. The van der Waals surface area contributed by atoms with E-state index in [2.05, 4.69) is 5.32 Å². The van der Waals surface area contributed by atoms with Crippen LogP contribution in [0.4, 0.5) is 5.69 Å². The van der Waals surface area contributed by atoms with E-state index in [1.165, 1.54) is 0 Å². The molecule has 1 atom stereocenters. The van der Waals surface area contributed by atoms with Crippen molar-refractivity contribution in [3.8, 4) is 11.8 Å². The number of anilines is 1. The zero-order valence-corrected chi connectivity index (χ0v) is 9.96. The number of amides is 1. The first kappa shape index (κ1) is 11.3. The summed E-state index contributed by atoms with van der Waals surface area (Å²) in [5, 5.41) is 11.6. The Kier molecular flexibility index (Phi) is 2.66. The second-order valence-electron chi connectivity index (χ2n) is 4.22. The Labute approximate surface area is 110 Å². The van der Waals surface area contributed by atoms with E-state index in [1.807, 2.05) is 36.4 Å². The maximum Gasteiger partial charge on any atom is 0.270 e. The third kappa shape index (κ3) is 2.02. The van der Waals surface area contributed by atoms with Crippen LogP contribution in [0.3, 0.4) is 0 Å². The largest absolute Gasteiger partial charge is 0.474 e. The summed E-state index contributed by atoms with van der Waals surface area (Å²) in [6.45, 7) is 0. The molecule has 4 nitrogen and oxygen atoms in total. The number of ether oxygens (including phenoxy) is 1. The summed E-state index contributed by atoms with van der Waals surface area (Å²) in [5.74, 6) is 0.348. The molecule has 0 aliphatic carbocycles. The van der Waals surface area contributed by atoms with Crippen LogP contribution < -0.4 is 10.1 Å². The summed E-state index contributed by atoms with van der Waals surface area (Å²) in [4.78, 5) is 12.0. The number of nitriles is 1. The minimum atomic E-state index is -0.651. The van der Waals surface area contributed by atoms with Gasteiger partial charge >= 0.3 is 0 Å². The second-order valence-corrected chi connectivity index (χ2v) is 4.22. The molecule has 1 amide bonds. The van der Waals surface area contributed by atoms with Gasteiger partial charge in [0, 0.05) is 5.56 Å². The Morgan fingerprint density at radius 1 is 1.16 bits per heavy atom. The third-order valence-corrected chi connectivity index (χ3v) is 2.95. The number of hydrogen-bond donors (Lipinski definition) is 1. The molecule has 2 aromatic carbocycles. The topological polar surface area (TPSA) is 62.1 Å². The molecular weight excluding hydrogens is 240 g/mol. The maximum absolute atomic E-state index is 12.0. The van der Waals surface area contributed by atoms with Crippen molar-refractivity contribution in [2.24, 2.45) is 0 Å². The minimum Gasteiger partial charge on any atom is -0.474 e. The SMILES string of the molecule is N#Cc1ccc2c(c1)NC(=O)C(c1ccccc1)O2. The van der Waals surface area contributed by atoms with Crippen LogP contribution in [-0.4, -0.2) is 5.91 Å². The standard InChI is InChI=1S/C15H10N2O2/c16-9-10-6-7-13-12(8-10)17-15(18)14(19-13)11-4-2-1-3-5-11/h1-8,14H,(H,17,18). The predicted octanol–water partition coefficient (Wildman–Crippen LogP) is 2.63. The van der Waals surface area contributed by atoms with E-state index < -0.39 is 6.10 Å². The van der Waals surface area contributed by atoms with E-state index in [4.69, 9.17) is 10.00 Å². The molecule has 2 aromatic rings. The molecule has 3 rings (SSSR count). The molecule has 1 heterocycles. The van der Waals surface area contributed by atoms with E-state index in [-0.39, 0.29) is 5.91 Å². The predicted molar refractivity (Wildman–Crippen MR) is 69.6 cm³/mol. The van der Waals surface area contributed by atoms with Gasteiger partial charge in [-0.05, 0) is 18.2 Å². The molecule has 0 saturated carbocycles. The molecule has 92 valence electrons. The number of nitrogens with one attached hydrogen (secondary N) is 1. The van der Waals surface area contributed by atoms with Crippen molar-refractivity contribution in [1.29, 1.82) is 5.26 Å². The summed E-state index contributed by atoms with van der Waals surface area (Å²) in [6, 6.07) is 16.3. The molecular formula is C15H10N2O2. The molecule has 1 N–H and O–H groups in total. The number of nitrogens with zero attached hydrogens (tertiary/aromatic N) is 1. The number of benzene rings is 2. The fourth-order valence-electron chi connectivity index (χ4n) is 2.03. The highest BCUT2D eigenvalue weighted by Gasteiger charge is 2.28. The Morgan fingerprint density at radius 3 is 2.68 bits per heavy atom. The number of fused-ring (bicyclic) bond motifs is 1. The average Bonchev–Trinajstić information content (AvgIpc) is 2.47. The van der Waals surface area contributed by atoms with Crippen molar-refractivity contribution < 1.29 is 9.53 Å². The van der Waals surface area contributed by atoms with Gasteiger partial charge < -0.3 is 10.1 Å². The smallest absolute Gasteiger partial charge is 0.270 e. The third-order valence-electron chi connectivity index (χ3n) is 2.95. The van der Waals surface area contributed by atoms with Crippen LogP contribution in [0.2, 0.25) is 0 Å². The van der Waals surface area contributed by atoms with Gasteiger partial charge in [0.15, 0.2) is 0 Å². The lowest BCUT2D eigenvalue weighted by Crippen LogP contribution is -2.30. The zero-order valence-electron chi connectivity index (χ0n) is 9.96. The molecule has 1 unspecified atom stereocenters. The summed E-state index contributed by atoms with van der Waals surface area (Å²) < 4.78 is 5.71. The molecule has 0 bridgehead atoms. The van der Waals surface area contributed by atoms with E-state index in [1.54, 1.807) is 18.2 Å². The van der Waals surface area contributed by atoms with Gasteiger partial charge in [-0.2, -0.15) is 5.26 Å². The van der Waals surface area contributed by atoms with Gasteiger partial charge in [0.05, 0.1) is 17.3 Å². The van der Waals surface area contributed by atoms with Gasteiger partial charge in [-0.15, -0.1) is 0 Å². The lowest BCUT2D eigenvalue weighted by Gasteiger charge is -2.26. The van der Waals surface area contributed by atoms with Gasteiger partial charge in [0.2, 0.25) is 6.10 Å². The second kappa shape index (κ2) is 4.46. The summed E-state index contributed by atoms with van der Waals surface area (Å²) in [6.07, 6.45) is -0.651. The lowest BCUT2D eigenvalue weighted by molar-refractivity contribution is -0.123. The minimum absolute atomic E-state index is 0.228. The molecule has 1 aliphatic heterocycles. The van der Waals surface area contributed by atoms with Crippen LogP contribution in [0.1, 0.15) is 17.2 Å². The van der Waals surface area contributed by atoms with Gasteiger partial charge in [0.25, 0.3) is 5.91 Å². The van der Waals surface area contributed by atoms with Crippen LogP contribution in [-0.2, 0) is 4.79 Å². The van der Waals surface area contributed by atoms with Crippen molar-refractivity contribution in [3.63, 3.8) is 0 Å². The average molecular weight is 250 g/mol. The fourth-order valence-corrected chi connectivity index (χ4v) is 2.03. The van der Waals surface area contributed by atoms with Crippen LogP contribution in [0.25, 0.3) is 0 Å². The fraction of sp³-hybridized carbons (Fsp3) is 0.0667. The Balaban J connectivity index is 1.97. The van der Waals surface area contributed by atoms with Gasteiger partial charge in [-0.1, -0.05) is 30.3 Å². The molecule has 19 heavy (non-hydrogen) atoms. The van der Waals surface area contributed by atoms with Crippen molar-refractivity contribution >= 4 is 11.6 Å².